The lowest BCUT2D eigenvalue weighted by molar-refractivity contribution is 0.662. The summed E-state index contributed by atoms with van der Waals surface area (Å²) in [4.78, 5) is 0. The third-order valence-corrected chi connectivity index (χ3v) is 9.45. The smallest absolute Gasteiger partial charge is 0.0186 e. The lowest BCUT2D eigenvalue weighted by Gasteiger charge is -2.33. The van der Waals surface area contributed by atoms with Crippen molar-refractivity contribution in [3.05, 3.63) is 96.1 Å². The zero-order valence-electron chi connectivity index (χ0n) is 16.5. The Balaban J connectivity index is 1.62. The highest BCUT2D eigenvalue weighted by Crippen LogP contribution is 2.71. The first kappa shape index (κ1) is 17.9. The molecule has 1 saturated heterocycles. The molecule has 4 aromatic rings. The summed E-state index contributed by atoms with van der Waals surface area (Å²) in [5.41, 5.74) is 4.33. The van der Waals surface area contributed by atoms with E-state index in [1.807, 2.05) is 0 Å². The summed E-state index contributed by atoms with van der Waals surface area (Å²) in [6, 6.07) is 31.5. The van der Waals surface area contributed by atoms with Crippen LogP contribution < -0.4 is 0 Å². The maximum atomic E-state index is 2.53. The molecule has 4 aromatic carbocycles. The molecule has 5 rings (SSSR count). The zero-order valence-corrected chi connectivity index (χ0v) is 17.4. The molecule has 1 aliphatic heterocycles. The fourth-order valence-electron chi connectivity index (χ4n) is 5.03. The molecule has 1 nitrogen and oxygen atoms in total. The Bertz CT molecular complexity index is 1040. The second-order valence-electron chi connectivity index (χ2n) is 7.97. The molecule has 28 heavy (non-hydrogen) atoms. The highest BCUT2D eigenvalue weighted by molar-refractivity contribution is 7.56. The molecule has 0 aliphatic carbocycles. The van der Waals surface area contributed by atoms with Gasteiger partial charge in [0, 0.05) is 11.3 Å². The molecule has 2 heteroatoms. The van der Waals surface area contributed by atoms with Gasteiger partial charge in [-0.15, -0.1) is 0 Å². The standard InChI is InChI=1S/C26H26NP/c1-27(2)28-25(23-15-7-11-19-9-3-5-13-21(19)23)17-18-26(28)24-16-8-12-20-10-4-6-14-22(20)24/h3-16,25-26H,17-18H2,1-2H3/t25-,26+,28+. The normalized spacial score (nSPS) is 22.3. The fraction of sp³-hybridized carbons (Fsp3) is 0.231. The lowest BCUT2D eigenvalue weighted by atomic mass is 9.97. The minimum atomic E-state index is -0.297. The second-order valence-corrected chi connectivity index (χ2v) is 10.8. The SMILES string of the molecule is CN(C)[P@@]1[C@@H](c2cccc3ccccc23)CC[C@H]1c1cccc2ccccc12. The maximum Gasteiger partial charge on any atom is 0.0186 e. The van der Waals surface area contributed by atoms with Crippen molar-refractivity contribution in [3.8, 4) is 0 Å². The quantitative estimate of drug-likeness (QED) is 0.331. The van der Waals surface area contributed by atoms with Gasteiger partial charge in [-0.05, 0) is 67.7 Å². The Hall–Kier alpha value is -2.21. The van der Waals surface area contributed by atoms with E-state index in [4.69, 9.17) is 0 Å². The van der Waals surface area contributed by atoms with Gasteiger partial charge in [-0.3, -0.25) is 4.67 Å². The van der Waals surface area contributed by atoms with Crippen LogP contribution in [-0.4, -0.2) is 18.8 Å². The number of hydrogen-bond donors (Lipinski definition) is 0. The lowest BCUT2D eigenvalue weighted by Crippen LogP contribution is -2.11. The Morgan fingerprint density at radius 3 is 1.50 bits per heavy atom. The molecule has 0 amide bonds. The predicted octanol–water partition coefficient (Wildman–Crippen LogP) is 7.53. The van der Waals surface area contributed by atoms with Crippen LogP contribution in [0.15, 0.2) is 84.9 Å². The monoisotopic (exact) mass is 383 g/mol. The van der Waals surface area contributed by atoms with Crippen LogP contribution in [0, 0.1) is 0 Å². The third kappa shape index (κ3) is 2.94. The Morgan fingerprint density at radius 1 is 0.607 bits per heavy atom. The van der Waals surface area contributed by atoms with Crippen LogP contribution in [0.4, 0.5) is 0 Å². The summed E-state index contributed by atoms with van der Waals surface area (Å²) in [5.74, 6) is 0. The Kier molecular flexibility index (Phi) is 4.67. The van der Waals surface area contributed by atoms with Gasteiger partial charge in [-0.25, -0.2) is 0 Å². The number of benzene rings is 4. The molecule has 0 spiro atoms. The highest BCUT2D eigenvalue weighted by atomic mass is 31.1. The van der Waals surface area contributed by atoms with Gasteiger partial charge in [0.2, 0.25) is 0 Å². The summed E-state index contributed by atoms with van der Waals surface area (Å²) in [5, 5.41) is 5.59. The number of hydrogen-bond acceptors (Lipinski definition) is 1. The van der Waals surface area contributed by atoms with E-state index in [1.54, 1.807) is 11.1 Å². The van der Waals surface area contributed by atoms with E-state index in [2.05, 4.69) is 104 Å². The van der Waals surface area contributed by atoms with Gasteiger partial charge < -0.3 is 0 Å². The van der Waals surface area contributed by atoms with Crippen LogP contribution >= 0.6 is 8.07 Å². The summed E-state index contributed by atoms with van der Waals surface area (Å²) < 4.78 is 2.53. The number of rotatable bonds is 3. The molecule has 0 unspecified atom stereocenters. The van der Waals surface area contributed by atoms with E-state index in [9.17, 15) is 0 Å². The van der Waals surface area contributed by atoms with E-state index in [0.717, 1.165) is 0 Å². The molecule has 0 aromatic heterocycles. The Morgan fingerprint density at radius 2 is 1.04 bits per heavy atom. The molecular formula is C26H26NP. The topological polar surface area (TPSA) is 3.24 Å². The van der Waals surface area contributed by atoms with E-state index < -0.39 is 0 Å². The van der Waals surface area contributed by atoms with Gasteiger partial charge in [-0.2, -0.15) is 0 Å². The van der Waals surface area contributed by atoms with Crippen molar-refractivity contribution < 1.29 is 0 Å². The van der Waals surface area contributed by atoms with E-state index >= 15 is 0 Å². The van der Waals surface area contributed by atoms with Gasteiger partial charge in [0.05, 0.1) is 0 Å². The minimum Gasteiger partial charge on any atom is -0.287 e. The molecule has 0 saturated carbocycles. The molecule has 3 atom stereocenters. The first-order valence-electron chi connectivity index (χ1n) is 10.1. The molecule has 0 bridgehead atoms. The van der Waals surface area contributed by atoms with Gasteiger partial charge in [0.15, 0.2) is 0 Å². The third-order valence-electron chi connectivity index (χ3n) is 6.18. The average molecular weight is 383 g/mol. The molecule has 0 N–H and O–H groups in total. The van der Waals surface area contributed by atoms with Crippen molar-refractivity contribution in [2.45, 2.75) is 24.2 Å². The predicted molar refractivity (Wildman–Crippen MR) is 123 cm³/mol. The first-order chi connectivity index (χ1) is 13.7. The van der Waals surface area contributed by atoms with Crippen LogP contribution in [0.25, 0.3) is 21.5 Å². The summed E-state index contributed by atoms with van der Waals surface area (Å²) in [6.45, 7) is 0. The van der Waals surface area contributed by atoms with Crippen LogP contribution in [0.5, 0.6) is 0 Å². The first-order valence-corrected chi connectivity index (χ1v) is 11.6. The largest absolute Gasteiger partial charge is 0.287 e. The molecule has 1 heterocycles. The van der Waals surface area contributed by atoms with E-state index in [0.29, 0.717) is 11.3 Å². The van der Waals surface area contributed by atoms with E-state index in [1.165, 1.54) is 34.4 Å². The van der Waals surface area contributed by atoms with Crippen molar-refractivity contribution in [1.29, 1.82) is 0 Å². The summed E-state index contributed by atoms with van der Waals surface area (Å²) in [6.07, 6.45) is 2.54. The summed E-state index contributed by atoms with van der Waals surface area (Å²) >= 11 is 0. The molecule has 1 fully saturated rings. The van der Waals surface area contributed by atoms with Crippen LogP contribution in [0.1, 0.15) is 35.3 Å². The van der Waals surface area contributed by atoms with Gasteiger partial charge in [0.25, 0.3) is 0 Å². The van der Waals surface area contributed by atoms with Crippen molar-refractivity contribution >= 4 is 29.6 Å². The second kappa shape index (κ2) is 7.32. The van der Waals surface area contributed by atoms with Crippen LogP contribution in [0.2, 0.25) is 0 Å². The number of nitrogens with zero attached hydrogens (tertiary/aromatic N) is 1. The van der Waals surface area contributed by atoms with Gasteiger partial charge in [-0.1, -0.05) is 84.9 Å². The fourth-order valence-corrected chi connectivity index (χ4v) is 8.43. The highest BCUT2D eigenvalue weighted by Gasteiger charge is 2.40. The number of fused-ring (bicyclic) bond motifs is 2. The van der Waals surface area contributed by atoms with Crippen molar-refractivity contribution in [2.24, 2.45) is 0 Å². The average Bonchev–Trinajstić information content (AvgIpc) is 3.18. The van der Waals surface area contributed by atoms with Crippen LogP contribution in [0.3, 0.4) is 0 Å². The zero-order chi connectivity index (χ0) is 19.1. The molecule has 140 valence electrons. The molecular weight excluding hydrogens is 357 g/mol. The summed E-state index contributed by atoms with van der Waals surface area (Å²) in [7, 11) is 4.27. The maximum absolute atomic E-state index is 2.53. The van der Waals surface area contributed by atoms with Crippen molar-refractivity contribution in [3.63, 3.8) is 0 Å². The molecule has 0 radical (unpaired) electrons. The van der Waals surface area contributed by atoms with Crippen molar-refractivity contribution in [2.75, 3.05) is 14.1 Å². The Labute approximate surface area is 168 Å². The van der Waals surface area contributed by atoms with Crippen molar-refractivity contribution in [1.82, 2.24) is 4.67 Å². The van der Waals surface area contributed by atoms with Gasteiger partial charge in [0.1, 0.15) is 0 Å². The van der Waals surface area contributed by atoms with Gasteiger partial charge >= 0.3 is 0 Å². The van der Waals surface area contributed by atoms with E-state index in [-0.39, 0.29) is 8.07 Å². The van der Waals surface area contributed by atoms with Crippen LogP contribution in [-0.2, 0) is 0 Å². The minimum absolute atomic E-state index is 0.297. The molecule has 1 aliphatic rings.